The van der Waals surface area contributed by atoms with Crippen LogP contribution in [0.3, 0.4) is 0 Å². The molecule has 3 heteroatoms. The third-order valence-electron chi connectivity index (χ3n) is 3.22. The van der Waals surface area contributed by atoms with Crippen LogP contribution in [0.4, 0.5) is 0 Å². The first kappa shape index (κ1) is 12.9. The zero-order valence-corrected chi connectivity index (χ0v) is 10.3. The van der Waals surface area contributed by atoms with E-state index in [0.717, 1.165) is 25.7 Å². The van der Waals surface area contributed by atoms with E-state index >= 15 is 0 Å². The summed E-state index contributed by atoms with van der Waals surface area (Å²) in [4.78, 5) is 2.62. The number of methoxy groups -OCH3 is 1. The quantitative estimate of drug-likeness (QED) is 0.620. The molecule has 1 fully saturated rings. The molecule has 1 unspecified atom stereocenters. The van der Waals surface area contributed by atoms with E-state index in [-0.39, 0.29) is 0 Å². The maximum absolute atomic E-state index is 4.97. The molecule has 3 nitrogen and oxygen atoms in total. The van der Waals surface area contributed by atoms with E-state index in [9.17, 15) is 0 Å². The van der Waals surface area contributed by atoms with Crippen LogP contribution in [0.1, 0.15) is 32.6 Å². The molecular weight excluding hydrogens is 188 g/mol. The first-order valence-electron chi connectivity index (χ1n) is 6.28. The Labute approximate surface area is 94.2 Å². The van der Waals surface area contributed by atoms with Crippen molar-refractivity contribution >= 4 is 0 Å². The van der Waals surface area contributed by atoms with E-state index < -0.39 is 0 Å². The van der Waals surface area contributed by atoms with Crippen LogP contribution in [0.2, 0.25) is 0 Å². The molecule has 0 radical (unpaired) electrons. The number of nitrogens with zero attached hydrogens (tertiary/aromatic N) is 1. The molecular formula is C12H26N2O. The van der Waals surface area contributed by atoms with Crippen LogP contribution in [-0.4, -0.2) is 50.8 Å². The van der Waals surface area contributed by atoms with Gasteiger partial charge in [0.2, 0.25) is 0 Å². The number of hydrogen-bond acceptors (Lipinski definition) is 3. The van der Waals surface area contributed by atoms with Crippen LogP contribution >= 0.6 is 0 Å². The average molecular weight is 214 g/mol. The highest BCUT2D eigenvalue weighted by atomic mass is 16.5. The second-order valence-electron chi connectivity index (χ2n) is 4.48. The van der Waals surface area contributed by atoms with E-state index in [4.69, 9.17) is 4.74 Å². The zero-order valence-electron chi connectivity index (χ0n) is 10.3. The van der Waals surface area contributed by atoms with Gasteiger partial charge in [-0.05, 0) is 52.2 Å². The fourth-order valence-electron chi connectivity index (χ4n) is 2.19. The standard InChI is InChI=1S/C12H26N2O/c1-12-6-5-10-14(12)9-4-3-7-13-8-11-15-2/h12-13H,3-11H2,1-2H3. The van der Waals surface area contributed by atoms with Crippen molar-refractivity contribution in [1.82, 2.24) is 10.2 Å². The maximum atomic E-state index is 4.97. The molecule has 1 saturated heterocycles. The predicted octanol–water partition coefficient (Wildman–Crippen LogP) is 1.49. The number of hydrogen-bond donors (Lipinski definition) is 1. The van der Waals surface area contributed by atoms with Gasteiger partial charge in [-0.15, -0.1) is 0 Å². The van der Waals surface area contributed by atoms with Crippen molar-refractivity contribution < 1.29 is 4.74 Å². The normalized spacial score (nSPS) is 22.4. The highest BCUT2D eigenvalue weighted by molar-refractivity contribution is 4.74. The molecule has 0 aromatic heterocycles. The Bertz CT molecular complexity index is 153. The van der Waals surface area contributed by atoms with Crippen molar-refractivity contribution in [1.29, 1.82) is 0 Å². The maximum Gasteiger partial charge on any atom is 0.0587 e. The van der Waals surface area contributed by atoms with Crippen LogP contribution in [0, 0.1) is 0 Å². The van der Waals surface area contributed by atoms with E-state index in [2.05, 4.69) is 17.1 Å². The van der Waals surface area contributed by atoms with E-state index in [0.29, 0.717) is 0 Å². The Kier molecular flexibility index (Phi) is 6.98. The summed E-state index contributed by atoms with van der Waals surface area (Å²) >= 11 is 0. The molecule has 1 aliphatic heterocycles. The number of unbranched alkanes of at least 4 members (excludes halogenated alkanes) is 1. The van der Waals surface area contributed by atoms with E-state index in [1.54, 1.807) is 7.11 Å². The van der Waals surface area contributed by atoms with Gasteiger partial charge in [-0.2, -0.15) is 0 Å². The molecule has 1 N–H and O–H groups in total. The van der Waals surface area contributed by atoms with Crippen LogP contribution in [0.25, 0.3) is 0 Å². The van der Waals surface area contributed by atoms with Gasteiger partial charge in [0.1, 0.15) is 0 Å². The lowest BCUT2D eigenvalue weighted by atomic mass is 10.2. The minimum Gasteiger partial charge on any atom is -0.383 e. The van der Waals surface area contributed by atoms with Gasteiger partial charge >= 0.3 is 0 Å². The van der Waals surface area contributed by atoms with Crippen LogP contribution < -0.4 is 5.32 Å². The van der Waals surface area contributed by atoms with Gasteiger partial charge < -0.3 is 15.0 Å². The Morgan fingerprint density at radius 2 is 2.20 bits per heavy atom. The molecule has 0 aromatic carbocycles. The average Bonchev–Trinajstić information content (AvgIpc) is 2.63. The Morgan fingerprint density at radius 3 is 2.87 bits per heavy atom. The lowest BCUT2D eigenvalue weighted by Gasteiger charge is -2.20. The first-order chi connectivity index (χ1) is 7.34. The Morgan fingerprint density at radius 1 is 1.33 bits per heavy atom. The van der Waals surface area contributed by atoms with Crippen molar-refractivity contribution in [3.63, 3.8) is 0 Å². The summed E-state index contributed by atoms with van der Waals surface area (Å²) < 4.78 is 4.97. The van der Waals surface area contributed by atoms with Crippen LogP contribution in [0.5, 0.6) is 0 Å². The SMILES string of the molecule is COCCNCCCCN1CCCC1C. The fourth-order valence-corrected chi connectivity index (χ4v) is 2.19. The Balaban J connectivity index is 1.84. The molecule has 0 aliphatic carbocycles. The lowest BCUT2D eigenvalue weighted by Crippen LogP contribution is -2.28. The first-order valence-corrected chi connectivity index (χ1v) is 6.28. The van der Waals surface area contributed by atoms with Crippen molar-refractivity contribution in [2.45, 2.75) is 38.6 Å². The molecule has 1 rings (SSSR count). The molecule has 90 valence electrons. The topological polar surface area (TPSA) is 24.5 Å². The van der Waals surface area contributed by atoms with Crippen LogP contribution in [-0.2, 0) is 4.74 Å². The number of likely N-dealkylation sites (tertiary alicyclic amines) is 1. The molecule has 0 bridgehead atoms. The summed E-state index contributed by atoms with van der Waals surface area (Å²) in [6, 6.07) is 0.825. The monoisotopic (exact) mass is 214 g/mol. The minimum absolute atomic E-state index is 0.823. The molecule has 1 heterocycles. The Hall–Kier alpha value is -0.120. The molecule has 1 atom stereocenters. The summed E-state index contributed by atoms with van der Waals surface area (Å²) in [5.41, 5.74) is 0. The minimum atomic E-state index is 0.823. The second-order valence-corrected chi connectivity index (χ2v) is 4.48. The predicted molar refractivity (Wildman–Crippen MR) is 64.2 cm³/mol. The van der Waals surface area contributed by atoms with Crippen molar-refractivity contribution in [3.8, 4) is 0 Å². The molecule has 0 aromatic rings. The smallest absolute Gasteiger partial charge is 0.0587 e. The molecule has 0 amide bonds. The molecule has 1 aliphatic rings. The summed E-state index contributed by atoms with van der Waals surface area (Å²) in [7, 11) is 1.75. The number of rotatable bonds is 8. The van der Waals surface area contributed by atoms with Gasteiger partial charge in [-0.25, -0.2) is 0 Å². The second kappa shape index (κ2) is 8.08. The van der Waals surface area contributed by atoms with Gasteiger partial charge in [-0.1, -0.05) is 0 Å². The fraction of sp³-hybridized carbons (Fsp3) is 1.00. The summed E-state index contributed by atoms with van der Waals surface area (Å²) in [6.07, 6.45) is 5.40. The third-order valence-corrected chi connectivity index (χ3v) is 3.22. The van der Waals surface area contributed by atoms with Gasteiger partial charge in [0.05, 0.1) is 6.61 Å². The molecule has 15 heavy (non-hydrogen) atoms. The van der Waals surface area contributed by atoms with Crippen molar-refractivity contribution in [2.75, 3.05) is 39.9 Å². The van der Waals surface area contributed by atoms with E-state index in [1.807, 2.05) is 0 Å². The summed E-state index contributed by atoms with van der Waals surface area (Å²) in [6.45, 7) is 7.89. The number of ether oxygens (including phenoxy) is 1. The molecule has 0 spiro atoms. The van der Waals surface area contributed by atoms with Gasteiger partial charge in [0.15, 0.2) is 0 Å². The third kappa shape index (κ3) is 5.50. The summed E-state index contributed by atoms with van der Waals surface area (Å²) in [5, 5.41) is 3.38. The zero-order chi connectivity index (χ0) is 10.9. The lowest BCUT2D eigenvalue weighted by molar-refractivity contribution is 0.199. The van der Waals surface area contributed by atoms with Crippen molar-refractivity contribution in [3.05, 3.63) is 0 Å². The van der Waals surface area contributed by atoms with Gasteiger partial charge in [0, 0.05) is 19.7 Å². The highest BCUT2D eigenvalue weighted by Gasteiger charge is 2.18. The van der Waals surface area contributed by atoms with Gasteiger partial charge in [0.25, 0.3) is 0 Å². The number of nitrogens with one attached hydrogen (secondary N) is 1. The van der Waals surface area contributed by atoms with Crippen LogP contribution in [0.15, 0.2) is 0 Å². The molecule has 0 saturated carbocycles. The largest absolute Gasteiger partial charge is 0.383 e. The van der Waals surface area contributed by atoms with Crippen molar-refractivity contribution in [2.24, 2.45) is 0 Å². The highest BCUT2D eigenvalue weighted by Crippen LogP contribution is 2.16. The summed E-state index contributed by atoms with van der Waals surface area (Å²) in [5.74, 6) is 0. The van der Waals surface area contributed by atoms with Gasteiger partial charge in [-0.3, -0.25) is 0 Å². The van der Waals surface area contributed by atoms with E-state index in [1.165, 1.54) is 38.8 Å².